The molecule has 0 heterocycles. The molecule has 0 bridgehead atoms. The number of likely N-dealkylation sites (N-methyl/N-ethyl adjacent to an activating group) is 1. The van der Waals surface area contributed by atoms with Crippen molar-refractivity contribution in [3.8, 4) is 5.75 Å². The summed E-state index contributed by atoms with van der Waals surface area (Å²) < 4.78 is 32.4. The molecule has 9 heteroatoms. The zero-order valence-corrected chi connectivity index (χ0v) is 17.4. The van der Waals surface area contributed by atoms with E-state index in [1.807, 2.05) is 19.9 Å². The average Bonchev–Trinajstić information content (AvgIpc) is 2.63. The lowest BCUT2D eigenvalue weighted by Crippen LogP contribution is -2.39. The van der Waals surface area contributed by atoms with Gasteiger partial charge < -0.3 is 15.0 Å². The molecule has 0 aromatic heterocycles. The average molecular weight is 420 g/mol. The molecule has 2 N–H and O–H groups in total. The van der Waals surface area contributed by atoms with Crippen LogP contribution in [0.4, 0.5) is 11.4 Å². The molecule has 0 radical (unpaired) electrons. The van der Waals surface area contributed by atoms with E-state index in [0.29, 0.717) is 17.1 Å². The van der Waals surface area contributed by atoms with Gasteiger partial charge in [0.25, 0.3) is 0 Å². The number of anilines is 2. The van der Waals surface area contributed by atoms with Crippen LogP contribution < -0.4 is 14.8 Å². The van der Waals surface area contributed by atoms with E-state index in [1.54, 1.807) is 48.5 Å². The minimum absolute atomic E-state index is 0.00444. The van der Waals surface area contributed by atoms with Gasteiger partial charge in [-0.2, -0.15) is 0 Å². The van der Waals surface area contributed by atoms with E-state index in [0.717, 1.165) is 4.90 Å². The molecule has 2 aromatic rings. The van der Waals surface area contributed by atoms with Crippen molar-refractivity contribution in [3.63, 3.8) is 0 Å². The first-order valence-corrected chi connectivity index (χ1v) is 10.7. The predicted octanol–water partition coefficient (Wildman–Crippen LogP) is 2.31. The highest BCUT2D eigenvalue weighted by atomic mass is 32.2. The standard InChI is InChI=1S/C20H25N3O5S/c1-15(2)28-18-11-9-17(10-12-18)22-29(26,27)14-20(25)23(3)13-19(24)21-16-7-5-4-6-8-16/h4-12,15,22H,13-14H2,1-3H3,(H,21,24). The van der Waals surface area contributed by atoms with Crippen LogP contribution in [0.2, 0.25) is 0 Å². The molecule has 2 amide bonds. The van der Waals surface area contributed by atoms with Crippen molar-refractivity contribution in [2.45, 2.75) is 20.0 Å². The van der Waals surface area contributed by atoms with Crippen LogP contribution in [0.5, 0.6) is 5.75 Å². The molecule has 8 nitrogen and oxygen atoms in total. The fourth-order valence-electron chi connectivity index (χ4n) is 2.39. The van der Waals surface area contributed by atoms with Gasteiger partial charge in [0.15, 0.2) is 0 Å². The summed E-state index contributed by atoms with van der Waals surface area (Å²) >= 11 is 0. The van der Waals surface area contributed by atoms with Gasteiger partial charge >= 0.3 is 0 Å². The quantitative estimate of drug-likeness (QED) is 0.649. The lowest BCUT2D eigenvalue weighted by molar-refractivity contribution is -0.131. The van der Waals surface area contributed by atoms with Crippen molar-refractivity contribution in [3.05, 3.63) is 54.6 Å². The number of sulfonamides is 1. The summed E-state index contributed by atoms with van der Waals surface area (Å²) in [6.07, 6.45) is 0.00444. The normalized spacial score (nSPS) is 11.0. The molecule has 0 atom stereocenters. The number of carbonyl (C=O) groups excluding carboxylic acids is 2. The SMILES string of the molecule is CC(C)Oc1ccc(NS(=O)(=O)CC(=O)N(C)CC(=O)Nc2ccccc2)cc1. The van der Waals surface area contributed by atoms with Gasteiger partial charge in [0.05, 0.1) is 12.6 Å². The van der Waals surface area contributed by atoms with Crippen LogP contribution in [0.15, 0.2) is 54.6 Å². The van der Waals surface area contributed by atoms with Crippen molar-refractivity contribution in [2.75, 3.05) is 29.4 Å². The maximum atomic E-state index is 12.3. The van der Waals surface area contributed by atoms with E-state index in [4.69, 9.17) is 4.74 Å². The van der Waals surface area contributed by atoms with Gasteiger partial charge in [0, 0.05) is 18.4 Å². The summed E-state index contributed by atoms with van der Waals surface area (Å²) in [4.78, 5) is 25.3. The first-order valence-electron chi connectivity index (χ1n) is 9.01. The van der Waals surface area contributed by atoms with Crippen molar-refractivity contribution in [1.29, 1.82) is 0 Å². The largest absolute Gasteiger partial charge is 0.491 e. The predicted molar refractivity (Wildman–Crippen MR) is 112 cm³/mol. The van der Waals surface area contributed by atoms with Crippen LogP contribution in [0.25, 0.3) is 0 Å². The summed E-state index contributed by atoms with van der Waals surface area (Å²) in [5.74, 6) is -1.27. The smallest absolute Gasteiger partial charge is 0.243 e. The summed E-state index contributed by atoms with van der Waals surface area (Å²) in [5, 5.41) is 2.64. The van der Waals surface area contributed by atoms with Crippen LogP contribution in [-0.4, -0.2) is 50.6 Å². The van der Waals surface area contributed by atoms with Gasteiger partial charge in [-0.05, 0) is 50.2 Å². The minimum atomic E-state index is -3.92. The third-order valence-corrected chi connectivity index (χ3v) is 4.85. The summed E-state index contributed by atoms with van der Waals surface area (Å²) in [7, 11) is -2.55. The van der Waals surface area contributed by atoms with Crippen molar-refractivity contribution in [2.24, 2.45) is 0 Å². The number of rotatable bonds is 9. The lowest BCUT2D eigenvalue weighted by atomic mass is 10.3. The van der Waals surface area contributed by atoms with E-state index in [1.165, 1.54) is 7.05 Å². The summed E-state index contributed by atoms with van der Waals surface area (Å²) in [6.45, 7) is 3.52. The van der Waals surface area contributed by atoms with Crippen LogP contribution in [-0.2, 0) is 19.6 Å². The fraction of sp³-hybridized carbons (Fsp3) is 0.300. The Morgan fingerprint density at radius 3 is 2.21 bits per heavy atom. The molecular weight excluding hydrogens is 394 g/mol. The molecule has 2 rings (SSSR count). The molecule has 0 aliphatic carbocycles. The number of nitrogens with zero attached hydrogens (tertiary/aromatic N) is 1. The molecule has 2 aromatic carbocycles. The van der Waals surface area contributed by atoms with Gasteiger partial charge in [0.1, 0.15) is 11.5 Å². The molecule has 0 aliphatic heterocycles. The van der Waals surface area contributed by atoms with Gasteiger partial charge in [-0.25, -0.2) is 8.42 Å². The van der Waals surface area contributed by atoms with Gasteiger partial charge in [-0.15, -0.1) is 0 Å². The van der Waals surface area contributed by atoms with Crippen molar-refractivity contribution in [1.82, 2.24) is 4.90 Å². The highest BCUT2D eigenvalue weighted by molar-refractivity contribution is 7.93. The van der Waals surface area contributed by atoms with Crippen molar-refractivity contribution >= 4 is 33.2 Å². The summed E-state index contributed by atoms with van der Waals surface area (Å²) in [5.41, 5.74) is 0.913. The molecule has 29 heavy (non-hydrogen) atoms. The Bertz CT molecular complexity index is 928. The zero-order valence-electron chi connectivity index (χ0n) is 16.6. The number of para-hydroxylation sites is 1. The number of benzene rings is 2. The maximum absolute atomic E-state index is 12.3. The molecule has 0 unspecified atom stereocenters. The van der Waals surface area contributed by atoms with Crippen LogP contribution >= 0.6 is 0 Å². The molecule has 0 saturated heterocycles. The lowest BCUT2D eigenvalue weighted by Gasteiger charge is -2.17. The second-order valence-electron chi connectivity index (χ2n) is 6.72. The zero-order chi connectivity index (χ0) is 21.4. The Morgan fingerprint density at radius 2 is 1.62 bits per heavy atom. The first kappa shape index (κ1) is 22.2. The van der Waals surface area contributed by atoms with E-state index in [2.05, 4.69) is 10.0 Å². The molecule has 156 valence electrons. The molecular formula is C20H25N3O5S. The number of hydrogen-bond acceptors (Lipinski definition) is 5. The van der Waals surface area contributed by atoms with Gasteiger partial charge in [0.2, 0.25) is 21.8 Å². The van der Waals surface area contributed by atoms with Crippen molar-refractivity contribution < 1.29 is 22.7 Å². The minimum Gasteiger partial charge on any atom is -0.491 e. The fourth-order valence-corrected chi connectivity index (χ4v) is 3.50. The topological polar surface area (TPSA) is 105 Å². The second kappa shape index (κ2) is 9.92. The maximum Gasteiger partial charge on any atom is 0.243 e. The Morgan fingerprint density at radius 1 is 1.00 bits per heavy atom. The third-order valence-electron chi connectivity index (χ3n) is 3.68. The Kier molecular flexibility index (Phi) is 7.60. The van der Waals surface area contributed by atoms with Crippen LogP contribution in [0.1, 0.15) is 13.8 Å². The third kappa shape index (κ3) is 7.82. The van der Waals surface area contributed by atoms with E-state index < -0.39 is 27.6 Å². The molecule has 0 aliphatic rings. The second-order valence-corrected chi connectivity index (χ2v) is 8.44. The Labute approximate surface area is 170 Å². The number of ether oxygens (including phenoxy) is 1. The van der Waals surface area contributed by atoms with E-state index in [-0.39, 0.29) is 12.6 Å². The number of hydrogen-bond donors (Lipinski definition) is 2. The number of amides is 2. The van der Waals surface area contributed by atoms with Gasteiger partial charge in [-0.3, -0.25) is 14.3 Å². The van der Waals surface area contributed by atoms with E-state index in [9.17, 15) is 18.0 Å². The monoisotopic (exact) mass is 419 g/mol. The van der Waals surface area contributed by atoms with Crippen LogP contribution in [0.3, 0.4) is 0 Å². The Balaban J connectivity index is 1.88. The number of nitrogens with one attached hydrogen (secondary N) is 2. The first-order chi connectivity index (χ1) is 13.6. The highest BCUT2D eigenvalue weighted by Gasteiger charge is 2.21. The Hall–Kier alpha value is -3.07. The molecule has 0 fully saturated rings. The molecule has 0 saturated carbocycles. The number of carbonyl (C=O) groups is 2. The molecule has 0 spiro atoms. The van der Waals surface area contributed by atoms with E-state index >= 15 is 0 Å². The van der Waals surface area contributed by atoms with Crippen LogP contribution in [0, 0.1) is 0 Å². The van der Waals surface area contributed by atoms with Gasteiger partial charge in [-0.1, -0.05) is 18.2 Å². The summed E-state index contributed by atoms with van der Waals surface area (Å²) in [6, 6.07) is 15.2. The highest BCUT2D eigenvalue weighted by Crippen LogP contribution is 2.18.